The van der Waals surface area contributed by atoms with Crippen molar-refractivity contribution in [3.8, 4) is 0 Å². The summed E-state index contributed by atoms with van der Waals surface area (Å²) in [4.78, 5) is 10.7. The molecular formula is C10H23N2O+. The summed E-state index contributed by atoms with van der Waals surface area (Å²) in [6.07, 6.45) is 0. The molecule has 13 heavy (non-hydrogen) atoms. The second-order valence-electron chi connectivity index (χ2n) is 5.52. The van der Waals surface area contributed by atoms with Crippen LogP contribution < -0.4 is 5.32 Å². The Morgan fingerprint density at radius 2 is 1.77 bits per heavy atom. The zero-order chi connectivity index (χ0) is 10.7. The molecule has 3 nitrogen and oxygen atoms in total. The highest BCUT2D eigenvalue weighted by Gasteiger charge is 2.25. The quantitative estimate of drug-likeness (QED) is 0.650. The Kier molecular flexibility index (Phi) is 3.91. The fraction of sp³-hybridized carbons (Fsp3) is 0.900. The van der Waals surface area contributed by atoms with Crippen LogP contribution in [0.5, 0.6) is 0 Å². The van der Waals surface area contributed by atoms with Gasteiger partial charge in [0.05, 0.1) is 27.7 Å². The monoisotopic (exact) mass is 187 g/mol. The van der Waals surface area contributed by atoms with Gasteiger partial charge in [0, 0.05) is 18.9 Å². The number of hydrogen-bond donors (Lipinski definition) is 1. The SMILES string of the molecule is CC(=O)NCC(C)(C)C[N+](C)(C)C. The van der Waals surface area contributed by atoms with Gasteiger partial charge in [-0.15, -0.1) is 0 Å². The second-order valence-corrected chi connectivity index (χ2v) is 5.52. The molecule has 0 heterocycles. The number of amides is 1. The summed E-state index contributed by atoms with van der Waals surface area (Å²) in [5.74, 6) is 0.0504. The van der Waals surface area contributed by atoms with E-state index >= 15 is 0 Å². The summed E-state index contributed by atoms with van der Waals surface area (Å²) in [6.45, 7) is 7.70. The molecule has 0 rings (SSSR count). The summed E-state index contributed by atoms with van der Waals surface area (Å²) in [7, 11) is 6.49. The van der Waals surface area contributed by atoms with E-state index in [0.29, 0.717) is 0 Å². The Hall–Kier alpha value is -0.570. The van der Waals surface area contributed by atoms with Gasteiger partial charge in [0.1, 0.15) is 0 Å². The van der Waals surface area contributed by atoms with Crippen molar-refractivity contribution in [2.75, 3.05) is 34.2 Å². The van der Waals surface area contributed by atoms with Crippen LogP contribution in [0.2, 0.25) is 0 Å². The Labute approximate surface area is 81.7 Å². The van der Waals surface area contributed by atoms with Crippen molar-refractivity contribution in [1.29, 1.82) is 0 Å². The lowest BCUT2D eigenvalue weighted by molar-refractivity contribution is -0.876. The highest BCUT2D eigenvalue weighted by Crippen LogP contribution is 2.16. The number of hydrogen-bond acceptors (Lipinski definition) is 1. The topological polar surface area (TPSA) is 29.1 Å². The Morgan fingerprint density at radius 1 is 1.31 bits per heavy atom. The molecule has 0 aromatic carbocycles. The van der Waals surface area contributed by atoms with Crippen LogP contribution in [0, 0.1) is 5.41 Å². The number of nitrogens with one attached hydrogen (secondary N) is 1. The molecule has 0 atom stereocenters. The van der Waals surface area contributed by atoms with Crippen LogP contribution in [-0.4, -0.2) is 44.6 Å². The van der Waals surface area contributed by atoms with Crippen LogP contribution in [0.3, 0.4) is 0 Å². The maximum absolute atomic E-state index is 10.7. The summed E-state index contributed by atoms with van der Waals surface area (Å²) in [5.41, 5.74) is 0.157. The first-order valence-corrected chi connectivity index (χ1v) is 4.67. The molecule has 0 aliphatic rings. The van der Waals surface area contributed by atoms with Gasteiger partial charge in [-0.3, -0.25) is 4.79 Å². The Morgan fingerprint density at radius 3 is 2.08 bits per heavy atom. The minimum atomic E-state index is 0.0504. The van der Waals surface area contributed by atoms with Crippen LogP contribution in [0.25, 0.3) is 0 Å². The lowest BCUT2D eigenvalue weighted by Crippen LogP contribution is -2.47. The van der Waals surface area contributed by atoms with Gasteiger partial charge >= 0.3 is 0 Å². The molecule has 1 amide bonds. The molecule has 0 spiro atoms. The molecule has 0 aliphatic carbocycles. The van der Waals surface area contributed by atoms with E-state index in [1.165, 1.54) is 0 Å². The minimum absolute atomic E-state index is 0.0504. The molecule has 0 aliphatic heterocycles. The maximum Gasteiger partial charge on any atom is 0.216 e. The lowest BCUT2D eigenvalue weighted by Gasteiger charge is -2.34. The smallest absolute Gasteiger partial charge is 0.216 e. The van der Waals surface area contributed by atoms with Crippen LogP contribution in [0.15, 0.2) is 0 Å². The third-order valence-corrected chi connectivity index (χ3v) is 1.72. The first kappa shape index (κ1) is 12.4. The summed E-state index contributed by atoms with van der Waals surface area (Å²) >= 11 is 0. The molecule has 0 aromatic heterocycles. The van der Waals surface area contributed by atoms with E-state index in [0.717, 1.165) is 17.6 Å². The fourth-order valence-corrected chi connectivity index (χ4v) is 1.70. The Balaban J connectivity index is 4.01. The highest BCUT2D eigenvalue weighted by atomic mass is 16.1. The minimum Gasteiger partial charge on any atom is -0.356 e. The number of quaternary nitrogens is 1. The fourth-order valence-electron chi connectivity index (χ4n) is 1.70. The molecule has 0 saturated carbocycles. The first-order chi connectivity index (χ1) is 5.62. The average Bonchev–Trinajstić information content (AvgIpc) is 1.78. The van der Waals surface area contributed by atoms with E-state index in [9.17, 15) is 4.79 Å². The molecule has 0 bridgehead atoms. The molecule has 0 fully saturated rings. The lowest BCUT2D eigenvalue weighted by atomic mass is 9.92. The van der Waals surface area contributed by atoms with Crippen LogP contribution in [0.4, 0.5) is 0 Å². The van der Waals surface area contributed by atoms with Gasteiger partial charge in [0.2, 0.25) is 5.91 Å². The van der Waals surface area contributed by atoms with Gasteiger partial charge in [-0.1, -0.05) is 13.8 Å². The van der Waals surface area contributed by atoms with Crippen molar-refractivity contribution in [3.05, 3.63) is 0 Å². The zero-order valence-electron chi connectivity index (χ0n) is 9.77. The van der Waals surface area contributed by atoms with Gasteiger partial charge < -0.3 is 9.80 Å². The maximum atomic E-state index is 10.7. The molecule has 0 radical (unpaired) electrons. The largest absolute Gasteiger partial charge is 0.356 e. The normalized spacial score (nSPS) is 12.8. The standard InChI is InChI=1S/C10H22N2O/c1-9(13)11-7-10(2,3)8-12(4,5)6/h7-8H2,1-6H3/p+1. The van der Waals surface area contributed by atoms with E-state index in [1.54, 1.807) is 6.92 Å². The number of carbonyl (C=O) groups excluding carboxylic acids is 1. The molecule has 78 valence electrons. The second kappa shape index (κ2) is 4.09. The number of nitrogens with zero attached hydrogens (tertiary/aromatic N) is 1. The average molecular weight is 187 g/mol. The van der Waals surface area contributed by atoms with Gasteiger partial charge in [0.15, 0.2) is 0 Å². The van der Waals surface area contributed by atoms with E-state index in [-0.39, 0.29) is 11.3 Å². The van der Waals surface area contributed by atoms with Crippen molar-refractivity contribution in [2.45, 2.75) is 20.8 Å². The molecule has 3 heteroatoms. The molecule has 1 N–H and O–H groups in total. The molecule has 0 saturated heterocycles. The number of carbonyl (C=O) groups is 1. The third kappa shape index (κ3) is 7.78. The van der Waals surface area contributed by atoms with Gasteiger partial charge in [-0.05, 0) is 0 Å². The van der Waals surface area contributed by atoms with Crippen molar-refractivity contribution in [1.82, 2.24) is 5.32 Å². The summed E-state index contributed by atoms with van der Waals surface area (Å²) in [6, 6.07) is 0. The van der Waals surface area contributed by atoms with E-state index < -0.39 is 0 Å². The summed E-state index contributed by atoms with van der Waals surface area (Å²) < 4.78 is 0.923. The van der Waals surface area contributed by atoms with Crippen molar-refractivity contribution < 1.29 is 9.28 Å². The van der Waals surface area contributed by atoms with E-state index in [1.807, 2.05) is 0 Å². The predicted octanol–water partition coefficient (Wildman–Crippen LogP) is 0.855. The van der Waals surface area contributed by atoms with Crippen molar-refractivity contribution in [3.63, 3.8) is 0 Å². The molecule has 0 unspecified atom stereocenters. The highest BCUT2D eigenvalue weighted by molar-refractivity contribution is 5.72. The van der Waals surface area contributed by atoms with Gasteiger partial charge in [-0.2, -0.15) is 0 Å². The summed E-state index contributed by atoms with van der Waals surface area (Å²) in [5, 5.41) is 2.86. The van der Waals surface area contributed by atoms with E-state index in [2.05, 4.69) is 40.3 Å². The van der Waals surface area contributed by atoms with Crippen molar-refractivity contribution in [2.24, 2.45) is 5.41 Å². The Bertz CT molecular complexity index is 180. The number of rotatable bonds is 4. The molecule has 0 aromatic rings. The van der Waals surface area contributed by atoms with Crippen molar-refractivity contribution >= 4 is 5.91 Å². The predicted molar refractivity (Wildman–Crippen MR) is 55.4 cm³/mol. The zero-order valence-corrected chi connectivity index (χ0v) is 9.77. The third-order valence-electron chi connectivity index (χ3n) is 1.72. The first-order valence-electron chi connectivity index (χ1n) is 4.67. The van der Waals surface area contributed by atoms with Gasteiger partial charge in [0.25, 0.3) is 0 Å². The van der Waals surface area contributed by atoms with Crippen LogP contribution in [-0.2, 0) is 4.79 Å². The molecular weight excluding hydrogens is 164 g/mol. The van der Waals surface area contributed by atoms with Crippen LogP contribution >= 0.6 is 0 Å². The van der Waals surface area contributed by atoms with Crippen LogP contribution in [0.1, 0.15) is 20.8 Å². The van der Waals surface area contributed by atoms with E-state index in [4.69, 9.17) is 0 Å². The van der Waals surface area contributed by atoms with Gasteiger partial charge in [-0.25, -0.2) is 0 Å².